The van der Waals surface area contributed by atoms with Crippen LogP contribution in [0.4, 0.5) is 4.79 Å². The van der Waals surface area contributed by atoms with Crippen LogP contribution < -0.4 is 5.32 Å². The molecular weight excluding hydrogens is 356 g/mol. The first-order valence-electron chi connectivity index (χ1n) is 9.90. The molecule has 0 aliphatic heterocycles. The summed E-state index contributed by atoms with van der Waals surface area (Å²) in [6.07, 6.45) is 1.33. The van der Waals surface area contributed by atoms with E-state index in [9.17, 15) is 9.59 Å². The van der Waals surface area contributed by atoms with Crippen LogP contribution in [0.15, 0.2) is 30.3 Å². The zero-order valence-corrected chi connectivity index (χ0v) is 18.3. The lowest BCUT2D eigenvalue weighted by molar-refractivity contribution is -0.147. The van der Waals surface area contributed by atoms with Crippen molar-refractivity contribution in [3.05, 3.63) is 35.9 Å². The minimum absolute atomic E-state index is 0.327. The molecule has 1 N–H and O–H groups in total. The molecule has 158 valence electrons. The zero-order chi connectivity index (χ0) is 21.3. The number of nitrogens with one attached hydrogen (secondary N) is 1. The van der Waals surface area contributed by atoms with Gasteiger partial charge in [0, 0.05) is 0 Å². The molecule has 1 aromatic carbocycles. The lowest BCUT2D eigenvalue weighted by Gasteiger charge is -2.35. The molecular formula is C22H36N2O4. The van der Waals surface area contributed by atoms with Crippen molar-refractivity contribution in [2.75, 3.05) is 14.2 Å². The van der Waals surface area contributed by atoms with Gasteiger partial charge >= 0.3 is 12.1 Å². The summed E-state index contributed by atoms with van der Waals surface area (Å²) in [6, 6.07) is 9.27. The van der Waals surface area contributed by atoms with E-state index < -0.39 is 17.7 Å². The molecule has 0 aromatic heterocycles. The normalized spacial score (nSPS) is 14.9. The molecule has 1 rings (SSSR count). The molecule has 3 atom stereocenters. The first-order valence-corrected chi connectivity index (χ1v) is 9.90. The molecule has 0 radical (unpaired) electrons. The summed E-state index contributed by atoms with van der Waals surface area (Å²) in [5, 5.41) is 2.94. The number of esters is 1. The van der Waals surface area contributed by atoms with Crippen LogP contribution in [-0.4, -0.2) is 48.9 Å². The number of hydrogen-bond donors (Lipinski definition) is 1. The largest absolute Gasteiger partial charge is 0.468 e. The van der Waals surface area contributed by atoms with Gasteiger partial charge in [0.2, 0.25) is 0 Å². The Bertz CT molecular complexity index is 613. The van der Waals surface area contributed by atoms with Crippen LogP contribution in [0.1, 0.15) is 53.0 Å². The molecule has 0 heterocycles. The third kappa shape index (κ3) is 8.30. The standard InChI is InChI=1S/C22H36N2O4/c1-8-16(2)14-19(23-21(26)28-22(3,4)5)24(6)18(20(25)27-7)15-17-12-10-9-11-13-17/h9-13,16,18-19H,8,14-15H2,1-7H3,(H,23,26). The molecule has 0 aliphatic carbocycles. The van der Waals surface area contributed by atoms with E-state index in [1.807, 2.05) is 63.1 Å². The van der Waals surface area contributed by atoms with Crippen LogP contribution in [0.5, 0.6) is 0 Å². The molecule has 6 nitrogen and oxygen atoms in total. The van der Waals surface area contributed by atoms with E-state index in [0.717, 1.165) is 12.0 Å². The first-order chi connectivity index (χ1) is 13.1. The summed E-state index contributed by atoms with van der Waals surface area (Å²) in [7, 11) is 3.23. The fraction of sp³-hybridized carbons (Fsp3) is 0.636. The Kier molecular flexibility index (Phi) is 9.46. The quantitative estimate of drug-likeness (QED) is 0.508. The van der Waals surface area contributed by atoms with Crippen LogP contribution in [-0.2, 0) is 20.7 Å². The second-order valence-electron chi connectivity index (χ2n) is 8.31. The third-order valence-corrected chi connectivity index (χ3v) is 4.73. The lowest BCUT2D eigenvalue weighted by atomic mass is 9.99. The maximum absolute atomic E-state index is 12.5. The molecule has 3 unspecified atom stereocenters. The van der Waals surface area contributed by atoms with Gasteiger partial charge in [-0.2, -0.15) is 0 Å². The Hall–Kier alpha value is -2.08. The molecule has 28 heavy (non-hydrogen) atoms. The average molecular weight is 393 g/mol. The van der Waals surface area contributed by atoms with E-state index in [1.54, 1.807) is 0 Å². The number of rotatable bonds is 9. The van der Waals surface area contributed by atoms with E-state index in [-0.39, 0.29) is 12.1 Å². The fourth-order valence-corrected chi connectivity index (χ4v) is 2.90. The molecule has 1 amide bonds. The molecule has 6 heteroatoms. The van der Waals surface area contributed by atoms with Gasteiger partial charge in [0.25, 0.3) is 0 Å². The van der Waals surface area contributed by atoms with Crippen molar-refractivity contribution >= 4 is 12.1 Å². The van der Waals surface area contributed by atoms with Crippen molar-refractivity contribution in [2.24, 2.45) is 5.92 Å². The SMILES string of the molecule is CCC(C)CC(NC(=O)OC(C)(C)C)N(C)C(Cc1ccccc1)C(=O)OC. The Morgan fingerprint density at radius 3 is 2.29 bits per heavy atom. The predicted molar refractivity (Wildman–Crippen MR) is 111 cm³/mol. The average Bonchev–Trinajstić information content (AvgIpc) is 2.63. The molecule has 0 fully saturated rings. The van der Waals surface area contributed by atoms with E-state index in [0.29, 0.717) is 18.8 Å². The number of alkyl carbamates (subject to hydrolysis) is 1. The van der Waals surface area contributed by atoms with Crippen molar-refractivity contribution < 1.29 is 19.1 Å². The number of methoxy groups -OCH3 is 1. The number of nitrogens with zero attached hydrogens (tertiary/aromatic N) is 1. The minimum Gasteiger partial charge on any atom is -0.468 e. The summed E-state index contributed by atoms with van der Waals surface area (Å²) >= 11 is 0. The van der Waals surface area contributed by atoms with Crippen molar-refractivity contribution in [3.8, 4) is 0 Å². The number of carbonyl (C=O) groups is 2. The maximum Gasteiger partial charge on any atom is 0.408 e. The van der Waals surface area contributed by atoms with E-state index in [1.165, 1.54) is 7.11 Å². The fourth-order valence-electron chi connectivity index (χ4n) is 2.90. The lowest BCUT2D eigenvalue weighted by Crippen LogP contribution is -2.55. The summed E-state index contributed by atoms with van der Waals surface area (Å²) in [4.78, 5) is 26.8. The third-order valence-electron chi connectivity index (χ3n) is 4.73. The zero-order valence-electron chi connectivity index (χ0n) is 18.3. The van der Waals surface area contributed by atoms with Gasteiger partial charge in [0.05, 0.1) is 13.3 Å². The van der Waals surface area contributed by atoms with Gasteiger partial charge in [-0.3, -0.25) is 9.69 Å². The van der Waals surface area contributed by atoms with Gasteiger partial charge in [0.15, 0.2) is 0 Å². The van der Waals surface area contributed by atoms with Crippen LogP contribution in [0.2, 0.25) is 0 Å². The molecule has 0 aliphatic rings. The Balaban J connectivity index is 3.04. The molecule has 1 aromatic rings. The van der Waals surface area contributed by atoms with Crippen molar-refractivity contribution in [1.82, 2.24) is 10.2 Å². The first kappa shape index (κ1) is 24.0. The van der Waals surface area contributed by atoms with E-state index in [2.05, 4.69) is 19.2 Å². The Morgan fingerprint density at radius 2 is 1.79 bits per heavy atom. The monoisotopic (exact) mass is 392 g/mol. The smallest absolute Gasteiger partial charge is 0.408 e. The van der Waals surface area contributed by atoms with Gasteiger partial charge in [-0.25, -0.2) is 4.79 Å². The Morgan fingerprint density at radius 1 is 1.18 bits per heavy atom. The Labute approximate surface area is 169 Å². The van der Waals surface area contributed by atoms with Gasteiger partial charge in [-0.05, 0) is 52.1 Å². The van der Waals surface area contributed by atoms with E-state index in [4.69, 9.17) is 9.47 Å². The van der Waals surface area contributed by atoms with Crippen molar-refractivity contribution in [1.29, 1.82) is 0 Å². The highest BCUT2D eigenvalue weighted by Gasteiger charge is 2.32. The van der Waals surface area contributed by atoms with Gasteiger partial charge < -0.3 is 14.8 Å². The minimum atomic E-state index is -0.588. The van der Waals surface area contributed by atoms with E-state index >= 15 is 0 Å². The van der Waals surface area contributed by atoms with Gasteiger partial charge in [0.1, 0.15) is 11.6 Å². The van der Waals surface area contributed by atoms with Crippen LogP contribution in [0.25, 0.3) is 0 Å². The van der Waals surface area contributed by atoms with Crippen LogP contribution in [0, 0.1) is 5.92 Å². The summed E-state index contributed by atoms with van der Waals surface area (Å²) < 4.78 is 10.5. The van der Waals surface area contributed by atoms with Gasteiger partial charge in [-0.1, -0.05) is 50.6 Å². The number of likely N-dealkylation sites (N-methyl/N-ethyl adjacent to an activating group) is 1. The van der Waals surface area contributed by atoms with Crippen LogP contribution in [0.3, 0.4) is 0 Å². The van der Waals surface area contributed by atoms with Crippen LogP contribution >= 0.6 is 0 Å². The van der Waals surface area contributed by atoms with Crippen molar-refractivity contribution in [2.45, 2.75) is 71.7 Å². The number of benzene rings is 1. The highest BCUT2D eigenvalue weighted by molar-refractivity contribution is 5.76. The van der Waals surface area contributed by atoms with Gasteiger partial charge in [-0.15, -0.1) is 0 Å². The summed E-state index contributed by atoms with van der Waals surface area (Å²) in [5.74, 6) is 0.0453. The number of ether oxygens (including phenoxy) is 2. The van der Waals surface area contributed by atoms with Crippen molar-refractivity contribution in [3.63, 3.8) is 0 Å². The molecule has 0 bridgehead atoms. The highest BCUT2D eigenvalue weighted by Crippen LogP contribution is 2.18. The number of carbonyl (C=O) groups excluding carboxylic acids is 2. The second-order valence-corrected chi connectivity index (χ2v) is 8.31. The number of amides is 1. The molecule has 0 saturated heterocycles. The summed E-state index contributed by atoms with van der Waals surface area (Å²) in [5.41, 5.74) is 0.444. The highest BCUT2D eigenvalue weighted by atomic mass is 16.6. The number of hydrogen-bond acceptors (Lipinski definition) is 5. The molecule has 0 saturated carbocycles. The predicted octanol–water partition coefficient (Wildman–Crippen LogP) is 3.99. The maximum atomic E-state index is 12.5. The topological polar surface area (TPSA) is 67.9 Å². The second kappa shape index (κ2) is 11.1. The molecule has 0 spiro atoms. The summed E-state index contributed by atoms with van der Waals surface area (Å²) in [6.45, 7) is 9.71.